The highest BCUT2D eigenvalue weighted by molar-refractivity contribution is 6.02. The number of anilines is 2. The fourth-order valence-corrected chi connectivity index (χ4v) is 6.94. The first-order chi connectivity index (χ1) is 27.6. The molecule has 10 rings (SSSR count). The molecule has 8 aromatic heterocycles. The number of halogens is 2. The summed E-state index contributed by atoms with van der Waals surface area (Å²) in [5.41, 5.74) is 7.33. The van der Waals surface area contributed by atoms with E-state index >= 15 is 0 Å². The second kappa shape index (κ2) is 15.5. The van der Waals surface area contributed by atoms with Gasteiger partial charge in [-0.1, -0.05) is 0 Å². The third-order valence-electron chi connectivity index (χ3n) is 9.70. The number of hydrogen-bond donors (Lipinski definition) is 2. The zero-order chi connectivity index (χ0) is 37.8. The number of pyridine rings is 6. The van der Waals surface area contributed by atoms with Crippen molar-refractivity contribution in [3.05, 3.63) is 110 Å². The fourth-order valence-electron chi connectivity index (χ4n) is 6.94. The van der Waals surface area contributed by atoms with Crippen LogP contribution in [0.1, 0.15) is 0 Å². The Hall–Kier alpha value is -6.78. The van der Waals surface area contributed by atoms with Crippen LogP contribution in [0.25, 0.3) is 66.8 Å². The van der Waals surface area contributed by atoms with E-state index in [9.17, 15) is 8.78 Å². The molecule has 0 atom stereocenters. The van der Waals surface area contributed by atoms with E-state index in [-0.39, 0.29) is 0 Å². The van der Waals surface area contributed by atoms with Crippen molar-refractivity contribution in [1.82, 2.24) is 50.3 Å². The summed E-state index contributed by atoms with van der Waals surface area (Å²) >= 11 is 0. The summed E-state index contributed by atoms with van der Waals surface area (Å²) in [6.07, 6.45) is 9.80. The first-order valence-electron chi connectivity index (χ1n) is 18.1. The van der Waals surface area contributed by atoms with Gasteiger partial charge in [-0.15, -0.1) is 0 Å². The molecule has 16 heteroatoms. The van der Waals surface area contributed by atoms with Gasteiger partial charge in [0.2, 0.25) is 11.9 Å². The van der Waals surface area contributed by atoms with E-state index in [1.54, 1.807) is 49.2 Å². The quantitative estimate of drug-likeness (QED) is 0.188. The maximum absolute atomic E-state index is 14.6. The highest BCUT2D eigenvalue weighted by atomic mass is 19.1. The summed E-state index contributed by atoms with van der Waals surface area (Å²) in [7, 11) is 0. The first kappa shape index (κ1) is 35.0. The van der Waals surface area contributed by atoms with Crippen molar-refractivity contribution >= 4 is 33.4 Å². The van der Waals surface area contributed by atoms with E-state index in [1.165, 1.54) is 12.3 Å². The van der Waals surface area contributed by atoms with Crippen molar-refractivity contribution in [2.45, 2.75) is 0 Å². The van der Waals surface area contributed by atoms with Gasteiger partial charge in [-0.05, 0) is 71.8 Å². The minimum Gasteiger partial charge on any atom is -0.378 e. The van der Waals surface area contributed by atoms with Crippen LogP contribution < -0.4 is 9.80 Å². The number of ether oxygens (including phenoxy) is 2. The standard InChI is InChI=1S/2C20H17FN6O/c21-17-2-1-13(12-23-17)15-11-18(27-7-9-28-10-8-27)25-19-14(15)3-5-22-20(19)16-4-6-24-26-16;21-20-14(2-1-5-23-20)15-12-17(27-8-10-28-11-9-27)25-18-13(15)3-6-22-19(18)16-4-7-24-26-16/h1-6,11-12H,7-10H2,(H,24,26);1-7,12H,8-11H2,(H,24,26). The fraction of sp³-hybridized carbons (Fsp3) is 0.200. The van der Waals surface area contributed by atoms with Crippen LogP contribution in [0, 0.1) is 11.9 Å². The van der Waals surface area contributed by atoms with Crippen LogP contribution in [-0.2, 0) is 9.47 Å². The van der Waals surface area contributed by atoms with Gasteiger partial charge in [0.15, 0.2) is 0 Å². The molecule has 2 aliphatic heterocycles. The van der Waals surface area contributed by atoms with Crippen molar-refractivity contribution in [2.24, 2.45) is 0 Å². The Morgan fingerprint density at radius 2 is 1.12 bits per heavy atom. The van der Waals surface area contributed by atoms with Crippen molar-refractivity contribution in [3.8, 4) is 45.0 Å². The van der Waals surface area contributed by atoms with Gasteiger partial charge in [-0.3, -0.25) is 20.2 Å². The normalized spacial score (nSPS) is 14.5. The monoisotopic (exact) mass is 752 g/mol. The predicted octanol–water partition coefficient (Wildman–Crippen LogP) is 6.12. The average molecular weight is 753 g/mol. The van der Waals surface area contributed by atoms with Crippen LogP contribution in [0.2, 0.25) is 0 Å². The minimum atomic E-state index is -0.511. The Kier molecular flexibility index (Phi) is 9.69. The summed E-state index contributed by atoms with van der Waals surface area (Å²) in [4.78, 5) is 30.8. The van der Waals surface area contributed by atoms with Gasteiger partial charge in [-0.25, -0.2) is 19.9 Å². The molecule has 14 nitrogen and oxygen atoms in total. The number of nitrogens with one attached hydrogen (secondary N) is 2. The van der Waals surface area contributed by atoms with Crippen molar-refractivity contribution in [3.63, 3.8) is 0 Å². The van der Waals surface area contributed by atoms with Crippen molar-refractivity contribution < 1.29 is 18.3 Å². The second-order valence-electron chi connectivity index (χ2n) is 13.0. The molecule has 2 fully saturated rings. The van der Waals surface area contributed by atoms with Crippen LogP contribution >= 0.6 is 0 Å². The average Bonchev–Trinajstić information content (AvgIpc) is 4.00. The number of aromatic amines is 2. The third-order valence-corrected chi connectivity index (χ3v) is 9.70. The molecule has 0 amide bonds. The van der Waals surface area contributed by atoms with Crippen LogP contribution in [0.5, 0.6) is 0 Å². The second-order valence-corrected chi connectivity index (χ2v) is 13.0. The molecular weight excluding hydrogens is 719 g/mol. The molecule has 10 heterocycles. The Balaban J connectivity index is 0.000000146. The Labute approximate surface area is 318 Å². The molecule has 2 aliphatic rings. The van der Waals surface area contributed by atoms with Crippen LogP contribution in [0.3, 0.4) is 0 Å². The van der Waals surface area contributed by atoms with Crippen LogP contribution in [0.4, 0.5) is 20.4 Å². The summed E-state index contributed by atoms with van der Waals surface area (Å²) < 4.78 is 38.9. The molecule has 0 unspecified atom stereocenters. The van der Waals surface area contributed by atoms with Gasteiger partial charge in [0.05, 0.1) is 37.8 Å². The van der Waals surface area contributed by atoms with E-state index in [0.717, 1.165) is 87.9 Å². The number of aromatic nitrogens is 10. The number of morpholine rings is 2. The maximum Gasteiger partial charge on any atom is 0.220 e. The summed E-state index contributed by atoms with van der Waals surface area (Å²) in [6, 6.07) is 18.0. The lowest BCUT2D eigenvalue weighted by Crippen LogP contribution is -2.36. The largest absolute Gasteiger partial charge is 0.378 e. The summed E-state index contributed by atoms with van der Waals surface area (Å²) in [5.74, 6) is 0.588. The van der Waals surface area contributed by atoms with Gasteiger partial charge in [0.1, 0.15) is 34.1 Å². The maximum atomic E-state index is 14.6. The molecule has 56 heavy (non-hydrogen) atoms. The minimum absolute atomic E-state index is 0.436. The Bertz CT molecular complexity index is 2590. The van der Waals surface area contributed by atoms with Crippen LogP contribution in [0.15, 0.2) is 97.8 Å². The van der Waals surface area contributed by atoms with E-state index in [4.69, 9.17) is 19.4 Å². The molecule has 0 bridgehead atoms. The van der Waals surface area contributed by atoms with Crippen LogP contribution in [-0.4, -0.2) is 103 Å². The lowest BCUT2D eigenvalue weighted by atomic mass is 10.0. The molecule has 0 aliphatic carbocycles. The molecule has 0 aromatic carbocycles. The van der Waals surface area contributed by atoms with E-state index in [0.29, 0.717) is 43.2 Å². The molecule has 2 N–H and O–H groups in total. The van der Waals surface area contributed by atoms with Gasteiger partial charge in [0.25, 0.3) is 0 Å². The molecular formula is C40H34F2N12O2. The highest BCUT2D eigenvalue weighted by Crippen LogP contribution is 2.37. The molecule has 0 saturated carbocycles. The number of rotatable bonds is 6. The molecule has 280 valence electrons. The van der Waals surface area contributed by atoms with Crippen molar-refractivity contribution in [2.75, 3.05) is 62.4 Å². The van der Waals surface area contributed by atoms with Gasteiger partial charge < -0.3 is 19.3 Å². The number of nitrogens with zero attached hydrogens (tertiary/aromatic N) is 10. The Morgan fingerprint density at radius 1 is 0.554 bits per heavy atom. The van der Waals surface area contributed by atoms with E-state index in [2.05, 4.69) is 50.1 Å². The number of H-pyrrole nitrogens is 2. The van der Waals surface area contributed by atoms with Crippen molar-refractivity contribution in [1.29, 1.82) is 0 Å². The predicted molar refractivity (Wildman–Crippen MR) is 207 cm³/mol. The zero-order valence-corrected chi connectivity index (χ0v) is 29.9. The number of hydrogen-bond acceptors (Lipinski definition) is 12. The lowest BCUT2D eigenvalue weighted by molar-refractivity contribution is 0.122. The number of fused-ring (bicyclic) bond motifs is 2. The van der Waals surface area contributed by atoms with Gasteiger partial charge >= 0.3 is 0 Å². The molecule has 8 aromatic rings. The smallest absolute Gasteiger partial charge is 0.220 e. The highest BCUT2D eigenvalue weighted by Gasteiger charge is 2.21. The lowest BCUT2D eigenvalue weighted by Gasteiger charge is -2.28. The van der Waals surface area contributed by atoms with Gasteiger partial charge in [0, 0.05) is 85.3 Å². The van der Waals surface area contributed by atoms with E-state index < -0.39 is 11.9 Å². The molecule has 0 spiro atoms. The van der Waals surface area contributed by atoms with E-state index in [1.807, 2.05) is 36.4 Å². The third kappa shape index (κ3) is 6.98. The first-order valence-corrected chi connectivity index (χ1v) is 18.1. The molecule has 0 radical (unpaired) electrons. The zero-order valence-electron chi connectivity index (χ0n) is 29.9. The summed E-state index contributed by atoms with van der Waals surface area (Å²) in [5, 5.41) is 15.7. The topological polar surface area (TPSA) is 160 Å². The Morgan fingerprint density at radius 3 is 1.64 bits per heavy atom. The SMILES string of the molecule is Fc1ccc(-c2cc(N3CCOCC3)nc3c(-c4ccn[nH]4)nccc23)cn1.Fc1ncccc1-c1cc(N2CCOCC2)nc2c(-c3ccn[nH]3)nccc12. The van der Waals surface area contributed by atoms with Gasteiger partial charge in [-0.2, -0.15) is 19.0 Å². The summed E-state index contributed by atoms with van der Waals surface area (Å²) in [6.45, 7) is 5.58. The molecule has 2 saturated heterocycles.